The quantitative estimate of drug-likeness (QED) is 0.796. The molecule has 4 nitrogen and oxygen atoms in total. The molecule has 1 heterocycles. The van der Waals surface area contributed by atoms with Crippen LogP contribution in [0.3, 0.4) is 0 Å². The molecule has 0 aliphatic heterocycles. The third kappa shape index (κ3) is 4.33. The van der Waals surface area contributed by atoms with Gasteiger partial charge in [-0.05, 0) is 36.4 Å². The van der Waals surface area contributed by atoms with E-state index in [9.17, 15) is 4.39 Å². The second kappa shape index (κ2) is 7.42. The zero-order valence-corrected chi connectivity index (χ0v) is 12.3. The molecule has 6 heteroatoms. The maximum Gasteiger partial charge on any atom is 0.260 e. The van der Waals surface area contributed by atoms with Crippen LogP contribution in [0.5, 0.6) is 0 Å². The van der Waals surface area contributed by atoms with Crippen LogP contribution in [0.2, 0.25) is 0 Å². The number of oxazole rings is 1. The number of benzene rings is 1. The highest BCUT2D eigenvalue weighted by atomic mass is 32.2. The molecule has 0 aliphatic carbocycles. The van der Waals surface area contributed by atoms with Crippen molar-refractivity contribution in [3.63, 3.8) is 0 Å². The number of nitrogens with one attached hydrogen (secondary N) is 1. The van der Waals surface area contributed by atoms with Gasteiger partial charge in [-0.3, -0.25) is 0 Å². The van der Waals surface area contributed by atoms with E-state index in [4.69, 9.17) is 9.15 Å². The number of ether oxygens (including phenoxy) is 1. The summed E-state index contributed by atoms with van der Waals surface area (Å²) in [6.45, 7) is 3.83. The van der Waals surface area contributed by atoms with Crippen molar-refractivity contribution in [2.75, 3.05) is 20.3 Å². The van der Waals surface area contributed by atoms with E-state index in [1.807, 2.05) is 13.0 Å². The van der Waals surface area contributed by atoms with E-state index in [0.29, 0.717) is 23.3 Å². The van der Waals surface area contributed by atoms with Crippen molar-refractivity contribution < 1.29 is 13.5 Å². The van der Waals surface area contributed by atoms with Crippen LogP contribution < -0.4 is 5.32 Å². The lowest BCUT2D eigenvalue weighted by Gasteiger charge is -2.06. The summed E-state index contributed by atoms with van der Waals surface area (Å²) in [5.41, 5.74) is 1.68. The van der Waals surface area contributed by atoms with Gasteiger partial charge in [-0.1, -0.05) is 6.07 Å². The number of methoxy groups -OCH3 is 1. The fourth-order valence-corrected chi connectivity index (χ4v) is 2.38. The maximum atomic E-state index is 14.0. The molecule has 20 heavy (non-hydrogen) atoms. The molecule has 2 rings (SSSR count). The number of nitrogens with zero attached hydrogens (tertiary/aromatic N) is 1. The average Bonchev–Trinajstić information content (AvgIpc) is 2.83. The van der Waals surface area contributed by atoms with Gasteiger partial charge >= 0.3 is 0 Å². The minimum atomic E-state index is -0.267. The monoisotopic (exact) mass is 296 g/mol. The molecule has 0 atom stereocenters. The van der Waals surface area contributed by atoms with Crippen molar-refractivity contribution in [1.82, 2.24) is 10.3 Å². The fourth-order valence-electron chi connectivity index (χ4n) is 1.62. The lowest BCUT2D eigenvalue weighted by atomic mass is 10.2. The van der Waals surface area contributed by atoms with Crippen molar-refractivity contribution in [1.29, 1.82) is 0 Å². The summed E-state index contributed by atoms with van der Waals surface area (Å²) in [6.07, 6.45) is 1.55. The topological polar surface area (TPSA) is 47.3 Å². The summed E-state index contributed by atoms with van der Waals surface area (Å²) in [5.74, 6) is -0.267. The Hall–Kier alpha value is -1.37. The van der Waals surface area contributed by atoms with Gasteiger partial charge < -0.3 is 14.5 Å². The second-order valence-electron chi connectivity index (χ2n) is 4.29. The lowest BCUT2D eigenvalue weighted by Crippen LogP contribution is -2.18. The van der Waals surface area contributed by atoms with Gasteiger partial charge in [-0.25, -0.2) is 9.37 Å². The highest BCUT2D eigenvalue weighted by molar-refractivity contribution is 7.99. The first-order valence-electron chi connectivity index (χ1n) is 6.27. The Kier molecular flexibility index (Phi) is 5.58. The van der Waals surface area contributed by atoms with Crippen LogP contribution >= 0.6 is 11.8 Å². The molecule has 0 aliphatic rings. The van der Waals surface area contributed by atoms with Gasteiger partial charge in [0.05, 0.1) is 17.2 Å². The Bertz CT molecular complexity index is 560. The molecule has 0 amide bonds. The Morgan fingerprint density at radius 3 is 2.95 bits per heavy atom. The van der Waals surface area contributed by atoms with Crippen LogP contribution in [0, 0.1) is 12.7 Å². The molecule has 1 aromatic carbocycles. The number of aryl methyl sites for hydroxylation is 1. The Balaban J connectivity index is 1.95. The molecule has 0 saturated heterocycles. The van der Waals surface area contributed by atoms with Gasteiger partial charge in [-0.15, -0.1) is 0 Å². The normalized spacial score (nSPS) is 10.9. The molecule has 1 N–H and O–H groups in total. The first-order chi connectivity index (χ1) is 9.69. The van der Waals surface area contributed by atoms with E-state index in [-0.39, 0.29) is 5.82 Å². The van der Waals surface area contributed by atoms with Crippen LogP contribution in [-0.2, 0) is 11.3 Å². The summed E-state index contributed by atoms with van der Waals surface area (Å²) in [6, 6.07) is 5.16. The summed E-state index contributed by atoms with van der Waals surface area (Å²) in [4.78, 5) is 4.65. The molecule has 0 bridgehead atoms. The zero-order valence-electron chi connectivity index (χ0n) is 11.5. The van der Waals surface area contributed by atoms with Crippen LogP contribution in [-0.4, -0.2) is 25.2 Å². The van der Waals surface area contributed by atoms with E-state index in [2.05, 4.69) is 10.3 Å². The first kappa shape index (κ1) is 15.0. The van der Waals surface area contributed by atoms with Crippen molar-refractivity contribution in [3.8, 4) is 0 Å². The average molecular weight is 296 g/mol. The van der Waals surface area contributed by atoms with Crippen molar-refractivity contribution in [3.05, 3.63) is 41.5 Å². The van der Waals surface area contributed by atoms with Gasteiger partial charge in [0.15, 0.2) is 0 Å². The molecule has 2 aromatic rings. The minimum absolute atomic E-state index is 0.267. The molecule has 108 valence electrons. The van der Waals surface area contributed by atoms with Crippen LogP contribution in [0.25, 0.3) is 0 Å². The van der Waals surface area contributed by atoms with E-state index >= 15 is 0 Å². The molecular weight excluding hydrogens is 279 g/mol. The number of hydrogen-bond acceptors (Lipinski definition) is 5. The number of halogens is 1. The van der Waals surface area contributed by atoms with E-state index in [1.165, 1.54) is 17.8 Å². The van der Waals surface area contributed by atoms with Gasteiger partial charge in [0.1, 0.15) is 12.1 Å². The zero-order chi connectivity index (χ0) is 14.4. The van der Waals surface area contributed by atoms with E-state index in [0.717, 1.165) is 17.8 Å². The molecular formula is C14H17FN2O2S. The lowest BCUT2D eigenvalue weighted by molar-refractivity contribution is 0.199. The third-order valence-corrected chi connectivity index (χ3v) is 3.52. The fraction of sp³-hybridized carbons (Fsp3) is 0.357. The highest BCUT2D eigenvalue weighted by Crippen LogP contribution is 2.29. The van der Waals surface area contributed by atoms with Crippen LogP contribution in [0.1, 0.15) is 11.3 Å². The van der Waals surface area contributed by atoms with Gasteiger partial charge in [0.2, 0.25) is 0 Å². The summed E-state index contributed by atoms with van der Waals surface area (Å²) in [7, 11) is 1.65. The SMILES string of the molecule is COCCNCc1ccc(Sc2nc(C)co2)c(F)c1. The van der Waals surface area contributed by atoms with E-state index < -0.39 is 0 Å². The number of aromatic nitrogens is 1. The smallest absolute Gasteiger partial charge is 0.260 e. The second-order valence-corrected chi connectivity index (χ2v) is 5.28. The van der Waals surface area contributed by atoms with Gasteiger partial charge in [0, 0.05) is 20.2 Å². The molecule has 1 aromatic heterocycles. The predicted molar refractivity (Wildman–Crippen MR) is 75.3 cm³/mol. The number of hydrogen-bond donors (Lipinski definition) is 1. The van der Waals surface area contributed by atoms with E-state index in [1.54, 1.807) is 19.4 Å². The largest absolute Gasteiger partial charge is 0.439 e. The molecule has 0 fully saturated rings. The van der Waals surface area contributed by atoms with Crippen molar-refractivity contribution in [2.24, 2.45) is 0 Å². The van der Waals surface area contributed by atoms with Crippen LogP contribution in [0.15, 0.2) is 39.0 Å². The molecule has 0 saturated carbocycles. The summed E-state index contributed by atoms with van der Waals surface area (Å²) in [5, 5.41) is 3.62. The Morgan fingerprint density at radius 1 is 1.45 bits per heavy atom. The standard InChI is InChI=1S/C14H17FN2O2S/c1-10-9-19-14(17-10)20-13-4-3-11(7-12(13)15)8-16-5-6-18-2/h3-4,7,9,16H,5-6,8H2,1-2H3. The maximum absolute atomic E-state index is 14.0. The minimum Gasteiger partial charge on any atom is -0.439 e. The Morgan fingerprint density at radius 2 is 2.30 bits per heavy atom. The van der Waals surface area contributed by atoms with Gasteiger partial charge in [-0.2, -0.15) is 0 Å². The molecule has 0 unspecified atom stereocenters. The predicted octanol–water partition coefficient (Wildman–Crippen LogP) is 3.01. The molecule has 0 spiro atoms. The Labute approximate surface area is 121 Å². The van der Waals surface area contributed by atoms with Crippen molar-refractivity contribution in [2.45, 2.75) is 23.6 Å². The first-order valence-corrected chi connectivity index (χ1v) is 7.09. The summed E-state index contributed by atoms with van der Waals surface area (Å²) < 4.78 is 24.1. The summed E-state index contributed by atoms with van der Waals surface area (Å²) >= 11 is 1.18. The third-order valence-electron chi connectivity index (χ3n) is 2.60. The molecule has 0 radical (unpaired) electrons. The highest BCUT2D eigenvalue weighted by Gasteiger charge is 2.09. The van der Waals surface area contributed by atoms with Gasteiger partial charge in [0.25, 0.3) is 5.22 Å². The number of rotatable bonds is 7. The van der Waals surface area contributed by atoms with Crippen LogP contribution in [0.4, 0.5) is 4.39 Å². The van der Waals surface area contributed by atoms with Crippen molar-refractivity contribution >= 4 is 11.8 Å².